The van der Waals surface area contributed by atoms with Gasteiger partial charge in [0.2, 0.25) is 0 Å². The zero-order valence-electron chi connectivity index (χ0n) is 17.5. The predicted molar refractivity (Wildman–Crippen MR) is 120 cm³/mol. The van der Waals surface area contributed by atoms with Crippen LogP contribution in [0.3, 0.4) is 0 Å². The lowest BCUT2D eigenvalue weighted by Gasteiger charge is -2.20. The maximum Gasteiger partial charge on any atom is 0.166 e. The smallest absolute Gasteiger partial charge is 0.166 e. The highest BCUT2D eigenvalue weighted by molar-refractivity contribution is 7.06. The normalized spacial score (nSPS) is 15.2. The molecular weight excluding hydrogens is 413 g/mol. The Bertz CT molecular complexity index is 1300. The van der Waals surface area contributed by atoms with Crippen LogP contribution >= 0.6 is 11.5 Å². The molecule has 2 N–H and O–H groups in total. The van der Waals surface area contributed by atoms with Gasteiger partial charge < -0.3 is 10.5 Å². The Balaban J connectivity index is 1.81. The Morgan fingerprint density at radius 1 is 1.32 bits per heavy atom. The number of halogens is 1. The molecule has 8 heteroatoms. The maximum atomic E-state index is 14.2. The molecule has 6 nitrogen and oxygen atoms in total. The van der Waals surface area contributed by atoms with Crippen molar-refractivity contribution < 1.29 is 9.13 Å². The number of hydrogen-bond donors (Lipinski definition) is 1. The average molecular weight is 436 g/mol. The van der Waals surface area contributed by atoms with E-state index in [1.165, 1.54) is 28.5 Å². The van der Waals surface area contributed by atoms with Crippen molar-refractivity contribution in [1.29, 1.82) is 0 Å². The summed E-state index contributed by atoms with van der Waals surface area (Å²) >= 11 is 1.51. The summed E-state index contributed by atoms with van der Waals surface area (Å²) in [6, 6.07) is 6.63. The second kappa shape index (κ2) is 7.46. The lowest BCUT2D eigenvalue weighted by molar-refractivity contribution is 0.227. The van der Waals surface area contributed by atoms with Crippen molar-refractivity contribution in [3.8, 4) is 28.1 Å². The van der Waals surface area contributed by atoms with Crippen LogP contribution in [-0.2, 0) is 19.9 Å². The molecule has 1 aromatic carbocycles. The van der Waals surface area contributed by atoms with Gasteiger partial charge in [0.15, 0.2) is 11.6 Å². The van der Waals surface area contributed by atoms with Gasteiger partial charge in [-0.1, -0.05) is 6.92 Å². The topological polar surface area (TPSA) is 78.8 Å². The van der Waals surface area contributed by atoms with Gasteiger partial charge in [-0.2, -0.15) is 9.47 Å². The lowest BCUT2D eigenvalue weighted by atomic mass is 9.94. The number of nitrogens with two attached hydrogens (primary N) is 1. The summed E-state index contributed by atoms with van der Waals surface area (Å²) < 4.78 is 27.0. The van der Waals surface area contributed by atoms with Gasteiger partial charge in [0.05, 0.1) is 11.4 Å². The van der Waals surface area contributed by atoms with Gasteiger partial charge in [0, 0.05) is 58.6 Å². The number of hydrogen-bond acceptors (Lipinski definition) is 6. The van der Waals surface area contributed by atoms with Crippen LogP contribution < -0.4 is 10.5 Å². The number of aromatic nitrogens is 4. The van der Waals surface area contributed by atoms with E-state index in [-0.39, 0.29) is 5.82 Å². The van der Waals surface area contributed by atoms with Crippen LogP contribution in [0.1, 0.15) is 41.6 Å². The summed E-state index contributed by atoms with van der Waals surface area (Å²) in [5, 5.41) is 4.71. The van der Waals surface area contributed by atoms with E-state index in [4.69, 9.17) is 19.9 Å². The summed E-state index contributed by atoms with van der Waals surface area (Å²) in [6.45, 7) is 4.00. The van der Waals surface area contributed by atoms with Gasteiger partial charge >= 0.3 is 0 Å². The van der Waals surface area contributed by atoms with E-state index >= 15 is 0 Å². The minimum atomic E-state index is -0.454. The fourth-order valence-electron chi connectivity index (χ4n) is 4.15. The van der Waals surface area contributed by atoms with Crippen molar-refractivity contribution in [2.75, 3.05) is 5.73 Å². The van der Waals surface area contributed by atoms with Gasteiger partial charge in [-0.15, -0.1) is 0 Å². The van der Waals surface area contributed by atoms with Crippen molar-refractivity contribution in [2.24, 2.45) is 7.05 Å². The minimum Gasteiger partial charge on any atom is -0.482 e. The SMILES string of the molecule is CCc1snc2c1-c1cnc(N)c(c1)O[C@H](C)c1cc(F)ccc1-c1nn(C)cc1C2. The first kappa shape index (κ1) is 19.7. The molecule has 0 saturated heterocycles. The standard InChI is InChI=1S/C23H22FN5OS/c1-4-20-21-13-8-19(23(25)26-10-13)30-12(2)17-9-15(24)5-6-16(17)22-14(11-29(3)27-22)7-18(21)28-31-20/h5-6,8-12H,4,7H2,1-3H3,(H2,25,26)/t12-/m1/s1. The van der Waals surface area contributed by atoms with E-state index in [0.29, 0.717) is 23.6 Å². The van der Waals surface area contributed by atoms with E-state index in [9.17, 15) is 4.39 Å². The summed E-state index contributed by atoms with van der Waals surface area (Å²) in [5.41, 5.74) is 12.5. The van der Waals surface area contributed by atoms with Crippen molar-refractivity contribution in [2.45, 2.75) is 32.8 Å². The van der Waals surface area contributed by atoms with Gasteiger partial charge in [0.1, 0.15) is 11.9 Å². The van der Waals surface area contributed by atoms with Crippen LogP contribution in [0.2, 0.25) is 0 Å². The van der Waals surface area contributed by atoms with Crippen LogP contribution in [0.5, 0.6) is 5.75 Å². The second-order valence-electron chi connectivity index (χ2n) is 7.73. The van der Waals surface area contributed by atoms with E-state index in [1.54, 1.807) is 16.9 Å². The van der Waals surface area contributed by atoms with Gasteiger partial charge in [-0.05, 0) is 49.1 Å². The Labute approximate surface area is 183 Å². The van der Waals surface area contributed by atoms with Crippen molar-refractivity contribution >= 4 is 17.4 Å². The van der Waals surface area contributed by atoms with Crippen LogP contribution in [0.15, 0.2) is 36.7 Å². The monoisotopic (exact) mass is 435 g/mol. The van der Waals surface area contributed by atoms with Crippen LogP contribution in [0.25, 0.3) is 22.4 Å². The summed E-state index contributed by atoms with van der Waals surface area (Å²) in [7, 11) is 1.89. The third-order valence-corrected chi connectivity index (χ3v) is 6.62. The van der Waals surface area contributed by atoms with Gasteiger partial charge in [-0.3, -0.25) is 4.68 Å². The highest BCUT2D eigenvalue weighted by atomic mass is 32.1. The van der Waals surface area contributed by atoms with E-state index in [2.05, 4.69) is 11.9 Å². The number of nitrogen functional groups attached to an aromatic ring is 1. The number of aryl methyl sites for hydroxylation is 2. The Kier molecular flexibility index (Phi) is 4.74. The quantitative estimate of drug-likeness (QED) is 0.458. The van der Waals surface area contributed by atoms with Gasteiger partial charge in [0.25, 0.3) is 0 Å². The minimum absolute atomic E-state index is 0.298. The first-order chi connectivity index (χ1) is 14.9. The summed E-state index contributed by atoms with van der Waals surface area (Å²) in [6.07, 6.45) is 4.79. The summed E-state index contributed by atoms with van der Waals surface area (Å²) in [4.78, 5) is 5.56. The molecule has 4 aromatic rings. The Hall–Kier alpha value is -3.26. The van der Waals surface area contributed by atoms with E-state index < -0.39 is 6.10 Å². The molecular formula is C23H22FN5OS. The van der Waals surface area contributed by atoms with E-state index in [1.807, 2.05) is 26.2 Å². The van der Waals surface area contributed by atoms with Crippen LogP contribution in [0.4, 0.5) is 10.2 Å². The molecule has 0 saturated carbocycles. The number of fused-ring (bicyclic) bond motifs is 7. The van der Waals surface area contributed by atoms with Crippen molar-refractivity contribution in [3.63, 3.8) is 0 Å². The average Bonchev–Trinajstić information content (AvgIpc) is 3.32. The van der Waals surface area contributed by atoms with Crippen molar-refractivity contribution in [3.05, 3.63) is 64.2 Å². The largest absolute Gasteiger partial charge is 0.482 e. The number of pyridine rings is 1. The number of benzene rings is 1. The second-order valence-corrected chi connectivity index (χ2v) is 8.59. The zero-order chi connectivity index (χ0) is 21.7. The molecule has 1 aliphatic heterocycles. The molecule has 0 aliphatic carbocycles. The number of ether oxygens (including phenoxy) is 1. The predicted octanol–water partition coefficient (Wildman–Crippen LogP) is 4.93. The van der Waals surface area contributed by atoms with Crippen molar-refractivity contribution in [1.82, 2.24) is 19.1 Å². The maximum absolute atomic E-state index is 14.2. The number of anilines is 1. The molecule has 1 aliphatic rings. The third kappa shape index (κ3) is 3.37. The fraction of sp³-hybridized carbons (Fsp3) is 0.261. The Morgan fingerprint density at radius 2 is 2.16 bits per heavy atom. The zero-order valence-corrected chi connectivity index (χ0v) is 18.3. The number of rotatable bonds is 1. The molecule has 4 heterocycles. The van der Waals surface area contributed by atoms with Crippen LogP contribution in [0, 0.1) is 5.82 Å². The highest BCUT2D eigenvalue weighted by Gasteiger charge is 2.24. The first-order valence-corrected chi connectivity index (χ1v) is 10.9. The molecule has 0 unspecified atom stereocenters. The molecule has 5 rings (SSSR count). The molecule has 0 fully saturated rings. The summed E-state index contributed by atoms with van der Waals surface area (Å²) in [5.74, 6) is 0.446. The third-order valence-electron chi connectivity index (χ3n) is 5.60. The van der Waals surface area contributed by atoms with E-state index in [0.717, 1.165) is 40.1 Å². The fourth-order valence-corrected chi connectivity index (χ4v) is 4.98. The molecule has 0 radical (unpaired) electrons. The highest BCUT2D eigenvalue weighted by Crippen LogP contribution is 2.40. The number of nitrogens with zero attached hydrogens (tertiary/aromatic N) is 4. The lowest BCUT2D eigenvalue weighted by Crippen LogP contribution is -2.09. The molecule has 0 spiro atoms. The van der Waals surface area contributed by atoms with Gasteiger partial charge in [-0.25, -0.2) is 9.37 Å². The molecule has 158 valence electrons. The molecule has 0 amide bonds. The molecule has 1 atom stereocenters. The molecule has 3 aromatic heterocycles. The van der Waals surface area contributed by atoms with Crippen LogP contribution in [-0.4, -0.2) is 19.1 Å². The Morgan fingerprint density at radius 3 is 2.97 bits per heavy atom. The first-order valence-electron chi connectivity index (χ1n) is 10.2. The molecule has 31 heavy (non-hydrogen) atoms. The molecule has 2 bridgehead atoms.